The van der Waals surface area contributed by atoms with Crippen LogP contribution >= 0.6 is 11.3 Å². The van der Waals surface area contributed by atoms with Crippen LogP contribution < -0.4 is 0 Å². The van der Waals surface area contributed by atoms with E-state index in [9.17, 15) is 14.0 Å². The first-order valence-electron chi connectivity index (χ1n) is 11.8. The highest BCUT2D eigenvalue weighted by Gasteiger charge is 2.31. The number of piperazine rings is 1. The van der Waals surface area contributed by atoms with Crippen molar-refractivity contribution in [1.82, 2.24) is 14.7 Å². The molecule has 1 aromatic heterocycles. The molecule has 0 radical (unpaired) electrons. The van der Waals surface area contributed by atoms with Gasteiger partial charge in [-0.25, -0.2) is 4.39 Å². The van der Waals surface area contributed by atoms with Crippen LogP contribution in [0.25, 0.3) is 0 Å². The van der Waals surface area contributed by atoms with Crippen LogP contribution in [0.1, 0.15) is 55.7 Å². The Hall–Kier alpha value is -2.25. The average molecular weight is 472 g/mol. The van der Waals surface area contributed by atoms with Gasteiger partial charge in [-0.1, -0.05) is 32.9 Å². The van der Waals surface area contributed by atoms with E-state index in [2.05, 4.69) is 37.1 Å². The molecule has 5 nitrogen and oxygen atoms in total. The highest BCUT2D eigenvalue weighted by Crippen LogP contribution is 2.38. The van der Waals surface area contributed by atoms with Crippen molar-refractivity contribution in [1.29, 1.82) is 0 Å². The molecule has 3 heterocycles. The first-order valence-corrected chi connectivity index (χ1v) is 12.7. The van der Waals surface area contributed by atoms with Crippen LogP contribution in [0, 0.1) is 11.2 Å². The zero-order valence-electron chi connectivity index (χ0n) is 19.8. The van der Waals surface area contributed by atoms with Gasteiger partial charge in [-0.15, -0.1) is 11.3 Å². The van der Waals surface area contributed by atoms with Gasteiger partial charge in [0.25, 0.3) is 0 Å². The number of hydrogen-bond acceptors (Lipinski definition) is 4. The van der Waals surface area contributed by atoms with E-state index in [-0.39, 0.29) is 29.1 Å². The van der Waals surface area contributed by atoms with Crippen molar-refractivity contribution < 1.29 is 14.0 Å². The Bertz CT molecular complexity index is 991. The Balaban J connectivity index is 1.35. The number of benzene rings is 1. The third-order valence-corrected chi connectivity index (χ3v) is 7.51. The molecular formula is C26H34FN3O2S. The van der Waals surface area contributed by atoms with Gasteiger partial charge in [-0.2, -0.15) is 0 Å². The number of amides is 2. The molecule has 2 aromatic rings. The maximum Gasteiger partial charge on any atom is 0.223 e. The third kappa shape index (κ3) is 5.82. The summed E-state index contributed by atoms with van der Waals surface area (Å²) in [6.45, 7) is 10.1. The molecule has 178 valence electrons. The topological polar surface area (TPSA) is 43.9 Å². The van der Waals surface area contributed by atoms with Crippen LogP contribution in [0.4, 0.5) is 4.39 Å². The first kappa shape index (κ1) is 23.9. The zero-order valence-corrected chi connectivity index (χ0v) is 20.7. The van der Waals surface area contributed by atoms with Gasteiger partial charge in [0.05, 0.1) is 6.04 Å². The average Bonchev–Trinajstić information content (AvgIpc) is 3.25. The maximum absolute atomic E-state index is 14.0. The number of rotatable bonds is 5. The van der Waals surface area contributed by atoms with Gasteiger partial charge >= 0.3 is 0 Å². The van der Waals surface area contributed by atoms with Crippen LogP contribution in [-0.4, -0.2) is 65.8 Å². The van der Waals surface area contributed by atoms with Gasteiger partial charge in [-0.3, -0.25) is 14.5 Å². The minimum absolute atomic E-state index is 0.0182. The molecule has 4 rings (SSSR count). The number of fused-ring (bicyclic) bond motifs is 1. The minimum Gasteiger partial charge on any atom is -0.339 e. The largest absolute Gasteiger partial charge is 0.339 e. The molecule has 7 heteroatoms. The summed E-state index contributed by atoms with van der Waals surface area (Å²) >= 11 is 1.76. The summed E-state index contributed by atoms with van der Waals surface area (Å²) in [6.07, 6.45) is 1.92. The SMILES string of the molecule is CC(C)(C)CC(=O)N1CCN(C(=O)CCN2CCc3sccc3[C@H]2c2cccc(F)c2)CC1. The monoisotopic (exact) mass is 471 g/mol. The van der Waals surface area contributed by atoms with Crippen LogP contribution in [0.5, 0.6) is 0 Å². The second-order valence-corrected chi connectivity index (χ2v) is 11.3. The molecule has 0 unspecified atom stereocenters. The van der Waals surface area contributed by atoms with Crippen molar-refractivity contribution in [3.05, 3.63) is 57.5 Å². The Morgan fingerprint density at radius 2 is 1.73 bits per heavy atom. The molecule has 1 aromatic carbocycles. The van der Waals surface area contributed by atoms with Gasteiger partial charge < -0.3 is 9.80 Å². The Labute approximate surface area is 200 Å². The molecular weight excluding hydrogens is 437 g/mol. The molecule has 0 N–H and O–H groups in total. The maximum atomic E-state index is 14.0. The summed E-state index contributed by atoms with van der Waals surface area (Å²) in [7, 11) is 0. The van der Waals surface area contributed by atoms with Gasteiger partial charge in [0.1, 0.15) is 5.82 Å². The molecule has 2 aliphatic heterocycles. The molecule has 0 bridgehead atoms. The summed E-state index contributed by atoms with van der Waals surface area (Å²) < 4.78 is 14.0. The number of halogens is 1. The molecule has 1 atom stereocenters. The van der Waals surface area contributed by atoms with Crippen LogP contribution in [0.15, 0.2) is 35.7 Å². The number of nitrogens with zero attached hydrogens (tertiary/aromatic N) is 3. The third-order valence-electron chi connectivity index (χ3n) is 6.51. The fourth-order valence-corrected chi connectivity index (χ4v) is 5.75. The molecule has 2 amide bonds. The summed E-state index contributed by atoms with van der Waals surface area (Å²) in [5.41, 5.74) is 2.14. The van der Waals surface area contributed by atoms with Crippen LogP contribution in [-0.2, 0) is 16.0 Å². The summed E-state index contributed by atoms with van der Waals surface area (Å²) in [5, 5.41) is 2.10. The fourth-order valence-electron chi connectivity index (χ4n) is 4.84. The van der Waals surface area contributed by atoms with Crippen LogP contribution in [0.2, 0.25) is 0 Å². The standard InChI is InChI=1S/C26H34FN3O2S/c1-26(2,3)18-24(32)29-14-12-28(13-15-29)23(31)8-11-30-10-7-22-21(9-16-33-22)25(30)19-5-4-6-20(27)17-19/h4-6,9,16-17,25H,7-8,10-15,18H2,1-3H3/t25-/m1/s1. The number of thiophene rings is 1. The van der Waals surface area contributed by atoms with Gasteiger partial charge in [-0.05, 0) is 46.5 Å². The predicted octanol–water partition coefficient (Wildman–Crippen LogP) is 4.33. The molecule has 2 aliphatic rings. The molecule has 1 saturated heterocycles. The van der Waals surface area contributed by atoms with E-state index < -0.39 is 0 Å². The summed E-state index contributed by atoms with van der Waals surface area (Å²) in [5.74, 6) is 0.0733. The Kier molecular flexibility index (Phi) is 7.19. The zero-order chi connectivity index (χ0) is 23.6. The number of hydrogen-bond donors (Lipinski definition) is 0. The molecule has 0 saturated carbocycles. The number of carbonyl (C=O) groups excluding carboxylic acids is 2. The highest BCUT2D eigenvalue weighted by molar-refractivity contribution is 7.10. The van der Waals surface area contributed by atoms with E-state index in [1.807, 2.05) is 15.9 Å². The normalized spacial score (nSPS) is 19.5. The first-order chi connectivity index (χ1) is 15.7. The quantitative estimate of drug-likeness (QED) is 0.652. The van der Waals surface area contributed by atoms with E-state index in [0.29, 0.717) is 45.6 Å². The van der Waals surface area contributed by atoms with E-state index >= 15 is 0 Å². The second-order valence-electron chi connectivity index (χ2n) is 10.3. The molecule has 0 aliphatic carbocycles. The van der Waals surface area contributed by atoms with Crippen molar-refractivity contribution in [2.24, 2.45) is 5.41 Å². The van der Waals surface area contributed by atoms with E-state index in [0.717, 1.165) is 18.5 Å². The van der Waals surface area contributed by atoms with Crippen LogP contribution in [0.3, 0.4) is 0 Å². The van der Waals surface area contributed by atoms with Crippen molar-refractivity contribution in [2.45, 2.75) is 46.1 Å². The van der Waals surface area contributed by atoms with E-state index in [4.69, 9.17) is 0 Å². The Morgan fingerprint density at radius 1 is 1.03 bits per heavy atom. The lowest BCUT2D eigenvalue weighted by atomic mass is 9.91. The van der Waals surface area contributed by atoms with E-state index in [1.54, 1.807) is 23.5 Å². The lowest BCUT2D eigenvalue weighted by Crippen LogP contribution is -2.51. The highest BCUT2D eigenvalue weighted by atomic mass is 32.1. The summed E-state index contributed by atoms with van der Waals surface area (Å²) in [6, 6.07) is 8.94. The number of carbonyl (C=O) groups is 2. The lowest BCUT2D eigenvalue weighted by Gasteiger charge is -2.38. The predicted molar refractivity (Wildman–Crippen MR) is 130 cm³/mol. The van der Waals surface area contributed by atoms with Gasteiger partial charge in [0.15, 0.2) is 0 Å². The van der Waals surface area contributed by atoms with Crippen molar-refractivity contribution in [3.8, 4) is 0 Å². The van der Waals surface area contributed by atoms with Crippen molar-refractivity contribution in [3.63, 3.8) is 0 Å². The van der Waals surface area contributed by atoms with Crippen molar-refractivity contribution in [2.75, 3.05) is 39.3 Å². The van der Waals surface area contributed by atoms with E-state index in [1.165, 1.54) is 16.5 Å². The lowest BCUT2D eigenvalue weighted by molar-refractivity contribution is -0.140. The Morgan fingerprint density at radius 3 is 2.39 bits per heavy atom. The smallest absolute Gasteiger partial charge is 0.223 e. The summed E-state index contributed by atoms with van der Waals surface area (Å²) in [4.78, 5) is 32.9. The second kappa shape index (κ2) is 9.94. The molecule has 33 heavy (non-hydrogen) atoms. The van der Waals surface area contributed by atoms with Gasteiger partial charge in [0, 0.05) is 57.0 Å². The molecule has 0 spiro atoms. The van der Waals surface area contributed by atoms with Gasteiger partial charge in [0.2, 0.25) is 11.8 Å². The fraction of sp³-hybridized carbons (Fsp3) is 0.538. The molecule has 1 fully saturated rings. The minimum atomic E-state index is -0.232. The van der Waals surface area contributed by atoms with Crippen molar-refractivity contribution >= 4 is 23.2 Å².